The Bertz CT molecular complexity index is 590. The average molecular weight is 248 g/mol. The summed E-state index contributed by atoms with van der Waals surface area (Å²) in [6.45, 7) is 1.38. The molecular weight excluding hydrogens is 236 g/mol. The van der Waals surface area contributed by atoms with Gasteiger partial charge >= 0.3 is 0 Å². The molecule has 5 nitrogen and oxygen atoms in total. The molecule has 0 unspecified atom stereocenters. The average Bonchev–Trinajstić information content (AvgIpc) is 2.36. The minimum atomic E-state index is -0.733. The molecule has 0 aromatic heterocycles. The molecule has 5 N–H and O–H groups in total. The predicted octanol–water partition coefficient (Wildman–Crippen LogP) is 2.19. The minimum absolute atomic E-state index is 0.0172. The van der Waals surface area contributed by atoms with E-state index in [1.54, 1.807) is 12.1 Å². The van der Waals surface area contributed by atoms with Gasteiger partial charge in [-0.2, -0.15) is 0 Å². The Labute approximate surface area is 103 Å². The number of benzene rings is 2. The fraction of sp³-hybridized carbons (Fsp3) is 0.0769. The van der Waals surface area contributed by atoms with Crippen LogP contribution in [0.15, 0.2) is 24.3 Å². The zero-order valence-electron chi connectivity index (χ0n) is 9.55. The van der Waals surface area contributed by atoms with Crippen molar-refractivity contribution in [2.24, 2.45) is 0 Å². The molecule has 0 aliphatic carbocycles. The van der Waals surface area contributed by atoms with E-state index in [0.29, 0.717) is 0 Å². The second-order valence-electron chi connectivity index (χ2n) is 3.91. The first-order chi connectivity index (χ1) is 8.45. The molecule has 0 radical (unpaired) electrons. The maximum Gasteiger partial charge on any atom is 0.201 e. The minimum Gasteiger partial charge on any atom is -0.507 e. The van der Waals surface area contributed by atoms with Crippen molar-refractivity contribution < 1.29 is 25.5 Å². The fourth-order valence-electron chi connectivity index (χ4n) is 1.76. The standard InChI is InChI=1S/C13H12O5/c1-6-10(15)9(12(17)13(18)11(6)16)7-4-2-3-5-8(7)14/h2-5,14-18H,1H3. The zero-order chi connectivity index (χ0) is 13.4. The summed E-state index contributed by atoms with van der Waals surface area (Å²) in [4.78, 5) is 0. The summed E-state index contributed by atoms with van der Waals surface area (Å²) < 4.78 is 0. The Balaban J connectivity index is 2.85. The van der Waals surface area contributed by atoms with Gasteiger partial charge in [0.25, 0.3) is 0 Å². The molecule has 0 bridgehead atoms. The number of aromatic hydroxyl groups is 5. The number of phenolic OH excluding ortho intramolecular Hbond substituents is 5. The van der Waals surface area contributed by atoms with Crippen molar-refractivity contribution in [3.63, 3.8) is 0 Å². The van der Waals surface area contributed by atoms with Gasteiger partial charge in [-0.25, -0.2) is 0 Å². The van der Waals surface area contributed by atoms with Gasteiger partial charge in [0.2, 0.25) is 5.75 Å². The molecule has 94 valence electrons. The summed E-state index contributed by atoms with van der Waals surface area (Å²) in [5.41, 5.74) is 0.0513. The van der Waals surface area contributed by atoms with Gasteiger partial charge in [0.1, 0.15) is 11.5 Å². The first-order valence-corrected chi connectivity index (χ1v) is 5.20. The number of phenols is 5. The maximum atomic E-state index is 9.92. The van der Waals surface area contributed by atoms with E-state index in [9.17, 15) is 25.5 Å². The predicted molar refractivity (Wildman–Crippen MR) is 64.9 cm³/mol. The lowest BCUT2D eigenvalue weighted by atomic mass is 9.98. The topological polar surface area (TPSA) is 101 Å². The van der Waals surface area contributed by atoms with Crippen molar-refractivity contribution in [1.82, 2.24) is 0 Å². The maximum absolute atomic E-state index is 9.92. The second kappa shape index (κ2) is 4.03. The molecule has 0 aliphatic rings. The third-order valence-electron chi connectivity index (χ3n) is 2.81. The van der Waals surface area contributed by atoms with E-state index < -0.39 is 23.0 Å². The molecule has 5 heteroatoms. The van der Waals surface area contributed by atoms with Crippen LogP contribution in [0, 0.1) is 6.92 Å². The second-order valence-corrected chi connectivity index (χ2v) is 3.91. The quantitative estimate of drug-likeness (QED) is 0.393. The molecule has 2 aromatic carbocycles. The molecule has 0 amide bonds. The van der Waals surface area contributed by atoms with E-state index in [1.807, 2.05) is 0 Å². The molecule has 0 atom stereocenters. The van der Waals surface area contributed by atoms with Crippen LogP contribution in [0.1, 0.15) is 5.56 Å². The number of hydrogen-bond donors (Lipinski definition) is 5. The summed E-state index contributed by atoms with van der Waals surface area (Å²) in [6.07, 6.45) is 0. The van der Waals surface area contributed by atoms with E-state index in [-0.39, 0.29) is 22.4 Å². The SMILES string of the molecule is Cc1c(O)c(O)c(O)c(-c2ccccc2O)c1O. The Morgan fingerprint density at radius 3 is 1.94 bits per heavy atom. The van der Waals surface area contributed by atoms with Crippen LogP contribution in [0.3, 0.4) is 0 Å². The summed E-state index contributed by atoms with van der Waals surface area (Å²) in [7, 11) is 0. The lowest BCUT2D eigenvalue weighted by Crippen LogP contribution is -1.87. The van der Waals surface area contributed by atoms with Crippen LogP contribution in [-0.4, -0.2) is 25.5 Å². The van der Waals surface area contributed by atoms with Gasteiger partial charge in [-0.1, -0.05) is 18.2 Å². The van der Waals surface area contributed by atoms with Gasteiger partial charge in [-0.05, 0) is 13.0 Å². The molecule has 0 fully saturated rings. The highest BCUT2D eigenvalue weighted by Crippen LogP contribution is 2.52. The molecule has 0 spiro atoms. The molecule has 0 saturated carbocycles. The Morgan fingerprint density at radius 1 is 0.722 bits per heavy atom. The van der Waals surface area contributed by atoms with Crippen LogP contribution in [0.4, 0.5) is 0 Å². The van der Waals surface area contributed by atoms with E-state index in [0.717, 1.165) is 0 Å². The molecular formula is C13H12O5. The Morgan fingerprint density at radius 2 is 1.33 bits per heavy atom. The van der Waals surface area contributed by atoms with Gasteiger partial charge < -0.3 is 25.5 Å². The van der Waals surface area contributed by atoms with E-state index in [1.165, 1.54) is 19.1 Å². The van der Waals surface area contributed by atoms with Gasteiger partial charge in [-0.3, -0.25) is 0 Å². The van der Waals surface area contributed by atoms with Crippen molar-refractivity contribution >= 4 is 0 Å². The molecule has 2 rings (SSSR count). The van der Waals surface area contributed by atoms with Crippen molar-refractivity contribution in [2.75, 3.05) is 0 Å². The third kappa shape index (κ3) is 1.57. The molecule has 0 saturated heterocycles. The van der Waals surface area contributed by atoms with Crippen LogP contribution < -0.4 is 0 Å². The highest BCUT2D eigenvalue weighted by atomic mass is 16.3. The third-order valence-corrected chi connectivity index (χ3v) is 2.81. The van der Waals surface area contributed by atoms with Crippen molar-refractivity contribution in [1.29, 1.82) is 0 Å². The van der Waals surface area contributed by atoms with Crippen molar-refractivity contribution in [3.8, 4) is 39.9 Å². The van der Waals surface area contributed by atoms with E-state index in [2.05, 4.69) is 0 Å². The first-order valence-electron chi connectivity index (χ1n) is 5.20. The molecule has 2 aromatic rings. The lowest BCUT2D eigenvalue weighted by molar-refractivity contribution is 0.359. The number of para-hydroxylation sites is 1. The first kappa shape index (κ1) is 11.9. The van der Waals surface area contributed by atoms with Gasteiger partial charge in [-0.15, -0.1) is 0 Å². The van der Waals surface area contributed by atoms with Crippen LogP contribution in [0.5, 0.6) is 28.7 Å². The Kier molecular flexibility index (Phi) is 2.67. The number of rotatable bonds is 1. The van der Waals surface area contributed by atoms with Crippen LogP contribution in [-0.2, 0) is 0 Å². The lowest BCUT2D eigenvalue weighted by Gasteiger charge is -2.14. The smallest absolute Gasteiger partial charge is 0.201 e. The van der Waals surface area contributed by atoms with Crippen molar-refractivity contribution in [2.45, 2.75) is 6.92 Å². The molecule has 0 heterocycles. The van der Waals surface area contributed by atoms with Crippen LogP contribution >= 0.6 is 0 Å². The van der Waals surface area contributed by atoms with Crippen LogP contribution in [0.25, 0.3) is 11.1 Å². The van der Waals surface area contributed by atoms with Crippen LogP contribution in [0.2, 0.25) is 0 Å². The number of hydrogen-bond acceptors (Lipinski definition) is 5. The molecule has 0 aliphatic heterocycles. The fourth-order valence-corrected chi connectivity index (χ4v) is 1.76. The van der Waals surface area contributed by atoms with E-state index >= 15 is 0 Å². The molecule has 18 heavy (non-hydrogen) atoms. The zero-order valence-corrected chi connectivity index (χ0v) is 9.55. The monoisotopic (exact) mass is 248 g/mol. The van der Waals surface area contributed by atoms with Gasteiger partial charge in [0, 0.05) is 11.1 Å². The van der Waals surface area contributed by atoms with Crippen molar-refractivity contribution in [3.05, 3.63) is 29.8 Å². The Hall–Kier alpha value is -2.56. The largest absolute Gasteiger partial charge is 0.507 e. The van der Waals surface area contributed by atoms with Gasteiger partial charge in [0.05, 0.1) is 5.56 Å². The summed E-state index contributed by atoms with van der Waals surface area (Å²) >= 11 is 0. The van der Waals surface area contributed by atoms with Gasteiger partial charge in [0.15, 0.2) is 11.5 Å². The highest BCUT2D eigenvalue weighted by molar-refractivity contribution is 5.85. The summed E-state index contributed by atoms with van der Waals surface area (Å²) in [5.74, 6) is -2.57. The summed E-state index contributed by atoms with van der Waals surface area (Å²) in [6, 6.07) is 6.04. The highest BCUT2D eigenvalue weighted by Gasteiger charge is 2.23. The van der Waals surface area contributed by atoms with E-state index in [4.69, 9.17) is 0 Å². The normalized spacial score (nSPS) is 10.5. The summed E-state index contributed by atoms with van der Waals surface area (Å²) in [5, 5.41) is 48.4.